The van der Waals surface area contributed by atoms with E-state index >= 15 is 0 Å². The smallest absolute Gasteiger partial charge is 0.243 e. The van der Waals surface area contributed by atoms with Crippen LogP contribution in [0.1, 0.15) is 25.0 Å². The Bertz CT molecular complexity index is 1090. The van der Waals surface area contributed by atoms with E-state index in [1.54, 1.807) is 42.2 Å². The predicted octanol–water partition coefficient (Wildman–Crippen LogP) is 2.76. The minimum atomic E-state index is -3.51. The summed E-state index contributed by atoms with van der Waals surface area (Å²) in [7, 11) is -1.95. The van der Waals surface area contributed by atoms with Gasteiger partial charge in [-0.25, -0.2) is 13.1 Å². The van der Waals surface area contributed by atoms with Crippen LogP contribution >= 0.6 is 0 Å². The Balaban J connectivity index is 1.56. The SMILES string of the molecule is CC(C)N(C)S(=O)(=O)c1ccc(CNC(=O)Cc2cnn(-c3ccccc3)c2)cc1. The molecule has 0 radical (unpaired) electrons. The summed E-state index contributed by atoms with van der Waals surface area (Å²) in [6, 6.07) is 16.1. The second-order valence-corrected chi connectivity index (χ2v) is 9.34. The molecule has 0 spiro atoms. The third-order valence-electron chi connectivity index (χ3n) is 4.84. The molecule has 0 aliphatic carbocycles. The number of hydrogen-bond donors (Lipinski definition) is 1. The molecule has 3 aromatic rings. The molecule has 1 aromatic heterocycles. The number of nitrogens with zero attached hydrogens (tertiary/aromatic N) is 3. The van der Waals surface area contributed by atoms with E-state index in [0.717, 1.165) is 16.8 Å². The van der Waals surface area contributed by atoms with Gasteiger partial charge in [0.05, 0.1) is 23.2 Å². The number of carbonyl (C=O) groups excluding carboxylic acids is 1. The van der Waals surface area contributed by atoms with Crippen molar-refractivity contribution >= 4 is 15.9 Å². The van der Waals surface area contributed by atoms with Crippen molar-refractivity contribution in [3.63, 3.8) is 0 Å². The summed E-state index contributed by atoms with van der Waals surface area (Å²) in [6.45, 7) is 3.97. The van der Waals surface area contributed by atoms with Crippen LogP contribution in [0, 0.1) is 0 Å². The molecule has 0 fully saturated rings. The van der Waals surface area contributed by atoms with Gasteiger partial charge in [-0.05, 0) is 49.2 Å². The maximum Gasteiger partial charge on any atom is 0.243 e. The highest BCUT2D eigenvalue weighted by atomic mass is 32.2. The molecule has 0 saturated carbocycles. The van der Waals surface area contributed by atoms with Crippen molar-refractivity contribution < 1.29 is 13.2 Å². The van der Waals surface area contributed by atoms with Crippen LogP contribution in [0.25, 0.3) is 5.69 Å². The van der Waals surface area contributed by atoms with E-state index in [1.165, 1.54) is 4.31 Å². The number of nitrogens with one attached hydrogen (secondary N) is 1. The molecule has 8 heteroatoms. The highest BCUT2D eigenvalue weighted by Gasteiger charge is 2.22. The third kappa shape index (κ3) is 5.14. The molecule has 1 amide bonds. The first-order valence-corrected chi connectivity index (χ1v) is 11.1. The highest BCUT2D eigenvalue weighted by molar-refractivity contribution is 7.89. The molecule has 30 heavy (non-hydrogen) atoms. The summed E-state index contributed by atoms with van der Waals surface area (Å²) in [5.41, 5.74) is 2.58. The molecule has 0 aliphatic heterocycles. The second kappa shape index (κ2) is 9.23. The Hall–Kier alpha value is -2.97. The van der Waals surface area contributed by atoms with Crippen molar-refractivity contribution in [1.29, 1.82) is 0 Å². The average molecular weight is 427 g/mol. The maximum absolute atomic E-state index is 12.5. The zero-order chi connectivity index (χ0) is 21.7. The van der Waals surface area contributed by atoms with Crippen LogP contribution < -0.4 is 5.32 Å². The molecule has 0 bridgehead atoms. The summed E-state index contributed by atoms with van der Waals surface area (Å²) < 4.78 is 28.1. The van der Waals surface area contributed by atoms with E-state index in [9.17, 15) is 13.2 Å². The van der Waals surface area contributed by atoms with Crippen molar-refractivity contribution in [1.82, 2.24) is 19.4 Å². The first kappa shape index (κ1) is 21.7. The molecule has 158 valence electrons. The topological polar surface area (TPSA) is 84.3 Å². The van der Waals surface area contributed by atoms with Crippen molar-refractivity contribution in [3.05, 3.63) is 78.1 Å². The molecule has 7 nitrogen and oxygen atoms in total. The summed E-state index contributed by atoms with van der Waals surface area (Å²) in [4.78, 5) is 12.5. The number of aromatic nitrogens is 2. The Morgan fingerprint density at radius 1 is 1.07 bits per heavy atom. The molecular weight excluding hydrogens is 400 g/mol. The number of amides is 1. The van der Waals surface area contributed by atoms with Gasteiger partial charge in [0, 0.05) is 25.8 Å². The molecule has 0 aliphatic rings. The van der Waals surface area contributed by atoms with Crippen molar-refractivity contribution in [2.24, 2.45) is 0 Å². The van der Waals surface area contributed by atoms with Gasteiger partial charge in [0.2, 0.25) is 15.9 Å². The number of sulfonamides is 1. The van der Waals surface area contributed by atoms with E-state index in [-0.39, 0.29) is 23.3 Å². The monoisotopic (exact) mass is 426 g/mol. The number of para-hydroxylation sites is 1. The van der Waals surface area contributed by atoms with Crippen molar-refractivity contribution in [2.45, 2.75) is 37.8 Å². The lowest BCUT2D eigenvalue weighted by Gasteiger charge is -2.21. The van der Waals surface area contributed by atoms with Crippen molar-refractivity contribution in [3.8, 4) is 5.69 Å². The first-order valence-electron chi connectivity index (χ1n) is 9.70. The van der Waals surface area contributed by atoms with Crippen LogP contribution in [0.4, 0.5) is 0 Å². The summed E-state index contributed by atoms with van der Waals surface area (Å²) in [5, 5.41) is 7.15. The van der Waals surface area contributed by atoms with E-state index in [2.05, 4.69) is 10.4 Å². The lowest BCUT2D eigenvalue weighted by atomic mass is 10.2. The van der Waals surface area contributed by atoms with E-state index in [1.807, 2.05) is 50.4 Å². The molecule has 0 atom stereocenters. The number of hydrogen-bond acceptors (Lipinski definition) is 4. The molecule has 0 saturated heterocycles. The summed E-state index contributed by atoms with van der Waals surface area (Å²) in [6.07, 6.45) is 3.73. The number of benzene rings is 2. The predicted molar refractivity (Wildman–Crippen MR) is 116 cm³/mol. The second-order valence-electron chi connectivity index (χ2n) is 7.34. The summed E-state index contributed by atoms with van der Waals surface area (Å²) in [5.74, 6) is -0.126. The van der Waals surface area contributed by atoms with E-state index < -0.39 is 10.0 Å². The fourth-order valence-corrected chi connectivity index (χ4v) is 4.21. The minimum absolute atomic E-state index is 0.125. The van der Waals surface area contributed by atoms with Gasteiger partial charge in [0.1, 0.15) is 0 Å². The Labute approximate surface area is 177 Å². The zero-order valence-electron chi connectivity index (χ0n) is 17.3. The van der Waals surface area contributed by atoms with Gasteiger partial charge in [-0.15, -0.1) is 0 Å². The largest absolute Gasteiger partial charge is 0.352 e. The van der Waals surface area contributed by atoms with Crippen LogP contribution in [-0.4, -0.2) is 41.5 Å². The Morgan fingerprint density at radius 2 is 1.73 bits per heavy atom. The standard InChI is InChI=1S/C22H26N4O3S/c1-17(2)25(3)30(28,29)21-11-9-18(10-12-21)14-23-22(27)13-19-15-24-26(16-19)20-7-5-4-6-8-20/h4-12,15-17H,13-14H2,1-3H3,(H,23,27). The van der Waals surface area contributed by atoms with E-state index in [4.69, 9.17) is 0 Å². The van der Waals surface area contributed by atoms with Crippen LogP contribution in [0.5, 0.6) is 0 Å². The maximum atomic E-state index is 12.5. The molecule has 3 rings (SSSR count). The van der Waals surface area contributed by atoms with Gasteiger partial charge in [-0.2, -0.15) is 9.40 Å². The first-order chi connectivity index (χ1) is 14.3. The number of rotatable bonds is 8. The van der Waals surface area contributed by atoms with Crippen LogP contribution in [0.3, 0.4) is 0 Å². The average Bonchev–Trinajstić information content (AvgIpc) is 3.21. The van der Waals surface area contributed by atoms with Crippen LogP contribution in [-0.2, 0) is 27.8 Å². The van der Waals surface area contributed by atoms with Crippen LogP contribution in [0.15, 0.2) is 71.9 Å². The molecule has 0 unspecified atom stereocenters. The molecule has 1 N–H and O–H groups in total. The van der Waals surface area contributed by atoms with Gasteiger partial charge < -0.3 is 5.32 Å². The Kier molecular flexibility index (Phi) is 6.69. The Morgan fingerprint density at radius 3 is 2.37 bits per heavy atom. The van der Waals surface area contributed by atoms with Gasteiger partial charge >= 0.3 is 0 Å². The fourth-order valence-electron chi connectivity index (χ4n) is 2.84. The third-order valence-corrected chi connectivity index (χ3v) is 6.89. The highest BCUT2D eigenvalue weighted by Crippen LogP contribution is 2.17. The van der Waals surface area contributed by atoms with Crippen molar-refractivity contribution in [2.75, 3.05) is 7.05 Å². The lowest BCUT2D eigenvalue weighted by molar-refractivity contribution is -0.120. The molecular formula is C22H26N4O3S. The lowest BCUT2D eigenvalue weighted by Crippen LogP contribution is -2.33. The molecule has 2 aromatic carbocycles. The van der Waals surface area contributed by atoms with Crippen LogP contribution in [0.2, 0.25) is 0 Å². The van der Waals surface area contributed by atoms with Gasteiger partial charge in [0.25, 0.3) is 0 Å². The van der Waals surface area contributed by atoms with Gasteiger partial charge in [0.15, 0.2) is 0 Å². The van der Waals surface area contributed by atoms with E-state index in [0.29, 0.717) is 6.54 Å². The summed E-state index contributed by atoms with van der Waals surface area (Å²) >= 11 is 0. The van der Waals surface area contributed by atoms with Gasteiger partial charge in [-0.3, -0.25) is 4.79 Å². The fraction of sp³-hybridized carbons (Fsp3) is 0.273. The molecule has 1 heterocycles. The zero-order valence-corrected chi connectivity index (χ0v) is 18.1. The van der Waals surface area contributed by atoms with Gasteiger partial charge in [-0.1, -0.05) is 30.3 Å². The quantitative estimate of drug-likeness (QED) is 0.600. The minimum Gasteiger partial charge on any atom is -0.352 e. The number of carbonyl (C=O) groups is 1. The normalized spacial score (nSPS) is 11.8.